The first-order valence-corrected chi connectivity index (χ1v) is 12.3. The van der Waals surface area contributed by atoms with Crippen LogP contribution in [0.25, 0.3) is 16.6 Å². The van der Waals surface area contributed by atoms with E-state index >= 15 is 0 Å². The van der Waals surface area contributed by atoms with E-state index in [0.717, 1.165) is 41.1 Å². The summed E-state index contributed by atoms with van der Waals surface area (Å²) < 4.78 is 3.83. The number of aryl methyl sites for hydroxylation is 3. The van der Waals surface area contributed by atoms with E-state index in [0.29, 0.717) is 5.39 Å². The van der Waals surface area contributed by atoms with E-state index in [9.17, 15) is 4.79 Å². The van der Waals surface area contributed by atoms with E-state index in [1.807, 2.05) is 30.5 Å². The molecule has 2 heterocycles. The highest BCUT2D eigenvalue weighted by atomic mass is 16.1. The van der Waals surface area contributed by atoms with Crippen molar-refractivity contribution in [3.05, 3.63) is 92.8 Å². The van der Waals surface area contributed by atoms with Gasteiger partial charge in [0.15, 0.2) is 0 Å². The minimum Gasteiger partial charge on any atom is -0.318 e. The Bertz CT molecular complexity index is 1450. The van der Waals surface area contributed by atoms with Crippen molar-refractivity contribution in [1.29, 1.82) is 0 Å². The summed E-state index contributed by atoms with van der Waals surface area (Å²) in [5.74, 6) is 1.06. The molecule has 174 valence electrons. The zero-order valence-corrected chi connectivity index (χ0v) is 20.5. The van der Waals surface area contributed by atoms with Gasteiger partial charge in [-0.1, -0.05) is 43.5 Å². The molecule has 2 aromatic heterocycles. The number of aromatic nitrogens is 3. The van der Waals surface area contributed by atoms with Crippen LogP contribution in [0.5, 0.6) is 0 Å². The molecular formula is C29H32N4O. The summed E-state index contributed by atoms with van der Waals surface area (Å²) in [4.78, 5) is 18.4. The Morgan fingerprint density at radius 1 is 0.971 bits per heavy atom. The molecule has 5 heteroatoms. The van der Waals surface area contributed by atoms with Crippen LogP contribution in [-0.4, -0.2) is 20.4 Å². The van der Waals surface area contributed by atoms with E-state index < -0.39 is 0 Å². The summed E-state index contributed by atoms with van der Waals surface area (Å²) in [7, 11) is 0. The average Bonchev–Trinajstić information content (AvgIpc) is 3.13. The van der Waals surface area contributed by atoms with Crippen molar-refractivity contribution < 1.29 is 0 Å². The van der Waals surface area contributed by atoms with Crippen LogP contribution in [0.1, 0.15) is 71.9 Å². The second-order valence-corrected chi connectivity index (χ2v) is 9.64. The molecule has 0 atom stereocenters. The summed E-state index contributed by atoms with van der Waals surface area (Å²) in [6, 6.07) is 16.3. The van der Waals surface area contributed by atoms with Gasteiger partial charge in [-0.05, 0) is 75.9 Å². The third-order valence-electron chi connectivity index (χ3n) is 7.14. The lowest BCUT2D eigenvalue weighted by molar-refractivity contribution is 0.416. The molecule has 0 amide bonds. The lowest BCUT2D eigenvalue weighted by Gasteiger charge is -2.22. The Kier molecular flexibility index (Phi) is 5.94. The van der Waals surface area contributed by atoms with Crippen LogP contribution in [0, 0.1) is 27.7 Å². The van der Waals surface area contributed by atoms with Crippen LogP contribution in [-0.2, 0) is 0 Å². The highest BCUT2D eigenvalue weighted by Crippen LogP contribution is 2.32. The van der Waals surface area contributed by atoms with Crippen LogP contribution in [0.2, 0.25) is 0 Å². The average molecular weight is 453 g/mol. The van der Waals surface area contributed by atoms with Crippen LogP contribution >= 0.6 is 0 Å². The van der Waals surface area contributed by atoms with Gasteiger partial charge in [0, 0.05) is 28.6 Å². The van der Waals surface area contributed by atoms with E-state index in [2.05, 4.69) is 56.5 Å². The second kappa shape index (κ2) is 9.05. The smallest absolute Gasteiger partial charge is 0.282 e. The Balaban J connectivity index is 1.62. The number of benzene rings is 2. The molecule has 0 N–H and O–H groups in total. The Morgan fingerprint density at radius 2 is 1.74 bits per heavy atom. The van der Waals surface area contributed by atoms with Crippen molar-refractivity contribution in [3.63, 3.8) is 0 Å². The molecular weight excluding hydrogens is 420 g/mol. The number of hydrogen-bond acceptors (Lipinski definition) is 3. The van der Waals surface area contributed by atoms with Gasteiger partial charge < -0.3 is 4.57 Å². The molecule has 1 aliphatic carbocycles. The third kappa shape index (κ3) is 4.00. The first kappa shape index (κ1) is 22.3. The van der Waals surface area contributed by atoms with Gasteiger partial charge in [-0.2, -0.15) is 9.78 Å². The normalized spacial score (nSPS) is 14.9. The fourth-order valence-corrected chi connectivity index (χ4v) is 5.25. The first-order valence-electron chi connectivity index (χ1n) is 12.3. The Hall–Kier alpha value is -3.47. The predicted octanol–water partition coefficient (Wildman–Crippen LogP) is 6.35. The molecule has 5 nitrogen and oxygen atoms in total. The predicted molar refractivity (Wildman–Crippen MR) is 140 cm³/mol. The SMILES string of the molecule is Cc1ccc(C)c(-n2c(C)cc(C=Nn3c(C4CCCCC4)nc4ccccc4c3=O)c2C)c1. The van der Waals surface area contributed by atoms with Crippen molar-refractivity contribution in [1.82, 2.24) is 14.2 Å². The zero-order chi connectivity index (χ0) is 23.8. The molecule has 5 rings (SSSR count). The summed E-state index contributed by atoms with van der Waals surface area (Å²) in [5.41, 5.74) is 7.56. The number of para-hydroxylation sites is 1. The van der Waals surface area contributed by atoms with Crippen molar-refractivity contribution in [2.24, 2.45) is 5.10 Å². The van der Waals surface area contributed by atoms with Crippen molar-refractivity contribution in [3.8, 4) is 5.69 Å². The molecule has 0 saturated heterocycles. The maximum absolute atomic E-state index is 13.5. The van der Waals surface area contributed by atoms with Gasteiger partial charge in [-0.15, -0.1) is 0 Å². The maximum atomic E-state index is 13.5. The van der Waals surface area contributed by atoms with Gasteiger partial charge in [-0.3, -0.25) is 4.79 Å². The molecule has 1 fully saturated rings. The van der Waals surface area contributed by atoms with E-state index in [4.69, 9.17) is 10.1 Å². The van der Waals surface area contributed by atoms with Gasteiger partial charge >= 0.3 is 0 Å². The van der Waals surface area contributed by atoms with Gasteiger partial charge in [0.05, 0.1) is 17.1 Å². The minimum atomic E-state index is -0.0919. The second-order valence-electron chi connectivity index (χ2n) is 9.64. The molecule has 34 heavy (non-hydrogen) atoms. The molecule has 0 aliphatic heterocycles. The van der Waals surface area contributed by atoms with E-state index in [-0.39, 0.29) is 11.5 Å². The van der Waals surface area contributed by atoms with Crippen LogP contribution in [0.15, 0.2) is 58.4 Å². The fourth-order valence-electron chi connectivity index (χ4n) is 5.25. The fraction of sp³-hybridized carbons (Fsp3) is 0.345. The van der Waals surface area contributed by atoms with Crippen molar-refractivity contribution in [2.75, 3.05) is 0 Å². The molecule has 2 aromatic carbocycles. The third-order valence-corrected chi connectivity index (χ3v) is 7.14. The zero-order valence-electron chi connectivity index (χ0n) is 20.5. The van der Waals surface area contributed by atoms with Gasteiger partial charge in [0.1, 0.15) is 5.82 Å². The molecule has 1 aliphatic rings. The number of hydrogen-bond donors (Lipinski definition) is 0. The monoisotopic (exact) mass is 452 g/mol. The lowest BCUT2D eigenvalue weighted by atomic mass is 9.88. The van der Waals surface area contributed by atoms with E-state index in [1.165, 1.54) is 36.1 Å². The molecule has 0 spiro atoms. The Morgan fingerprint density at radius 3 is 2.53 bits per heavy atom. The molecule has 1 saturated carbocycles. The summed E-state index contributed by atoms with van der Waals surface area (Å²) in [6.07, 6.45) is 7.54. The van der Waals surface area contributed by atoms with Crippen LogP contribution in [0.4, 0.5) is 0 Å². The van der Waals surface area contributed by atoms with Crippen molar-refractivity contribution in [2.45, 2.75) is 65.7 Å². The van der Waals surface area contributed by atoms with E-state index in [1.54, 1.807) is 4.68 Å². The van der Waals surface area contributed by atoms with Gasteiger partial charge in [-0.25, -0.2) is 4.98 Å². The maximum Gasteiger partial charge on any atom is 0.282 e. The standard InChI is InChI=1S/C29H32N4O/c1-19-14-15-20(2)27(16-19)32-21(3)17-24(22(32)4)18-30-33-28(23-10-6-5-7-11-23)31-26-13-9-8-12-25(26)29(33)34/h8-9,12-18,23H,5-7,10-11H2,1-4H3. The summed E-state index contributed by atoms with van der Waals surface area (Å²) >= 11 is 0. The van der Waals surface area contributed by atoms with Crippen molar-refractivity contribution >= 4 is 17.1 Å². The molecule has 4 aromatic rings. The van der Waals surface area contributed by atoms with Crippen LogP contribution in [0.3, 0.4) is 0 Å². The summed E-state index contributed by atoms with van der Waals surface area (Å²) in [6.45, 7) is 8.48. The number of rotatable bonds is 4. The number of fused-ring (bicyclic) bond motifs is 1. The van der Waals surface area contributed by atoms with Crippen LogP contribution < -0.4 is 5.56 Å². The van der Waals surface area contributed by atoms with Gasteiger partial charge in [0.25, 0.3) is 5.56 Å². The molecule has 0 unspecified atom stereocenters. The highest BCUT2D eigenvalue weighted by Gasteiger charge is 2.22. The quantitative estimate of drug-likeness (QED) is 0.339. The minimum absolute atomic E-state index is 0.0919. The largest absolute Gasteiger partial charge is 0.318 e. The highest BCUT2D eigenvalue weighted by molar-refractivity contribution is 5.82. The summed E-state index contributed by atoms with van der Waals surface area (Å²) in [5, 5.41) is 5.36. The first-order chi connectivity index (χ1) is 16.4. The molecule has 0 radical (unpaired) electrons. The topological polar surface area (TPSA) is 52.2 Å². The lowest BCUT2D eigenvalue weighted by Crippen LogP contribution is -2.25. The van der Waals surface area contributed by atoms with Gasteiger partial charge in [0.2, 0.25) is 0 Å². The number of nitrogens with zero attached hydrogens (tertiary/aromatic N) is 4. The molecule has 0 bridgehead atoms. The Labute approximate surface area is 200 Å².